The van der Waals surface area contributed by atoms with Gasteiger partial charge in [-0.3, -0.25) is 9.59 Å². The molecule has 1 aliphatic rings. The lowest BCUT2D eigenvalue weighted by molar-refractivity contribution is -0.124. The summed E-state index contributed by atoms with van der Waals surface area (Å²) in [6.45, 7) is 1.29. The predicted octanol–water partition coefficient (Wildman–Crippen LogP) is 4.32. The van der Waals surface area contributed by atoms with Crippen LogP contribution in [0, 0.1) is 5.82 Å². The van der Waals surface area contributed by atoms with Gasteiger partial charge in [-0.25, -0.2) is 4.39 Å². The summed E-state index contributed by atoms with van der Waals surface area (Å²) in [4.78, 5) is 27.0. The molecule has 0 aliphatic carbocycles. The molecular formula is C21H21Cl2FN2O3. The van der Waals surface area contributed by atoms with Gasteiger partial charge in [0.05, 0.1) is 17.2 Å². The van der Waals surface area contributed by atoms with E-state index < -0.39 is 6.04 Å². The van der Waals surface area contributed by atoms with Gasteiger partial charge in [0.2, 0.25) is 5.91 Å². The first kappa shape index (κ1) is 21.4. The number of amides is 2. The Bertz CT molecular complexity index is 877. The number of hydrogen-bond acceptors (Lipinski definition) is 3. The van der Waals surface area contributed by atoms with Gasteiger partial charge in [0, 0.05) is 18.1 Å². The number of carbonyl (C=O) groups is 2. The van der Waals surface area contributed by atoms with E-state index in [0.717, 1.165) is 6.42 Å². The first-order valence-corrected chi connectivity index (χ1v) is 10.1. The standard InChI is InChI=1S/C21H21Cl2FN2O3/c22-14-4-9-18(23)17(13-14)21(28)26-11-1-3-19(26)20(27)25-10-2-12-29-16-7-5-15(24)6-8-16/h4-9,13,19H,1-3,10-12H2,(H,25,27). The van der Waals surface area contributed by atoms with Crippen LogP contribution in [0.3, 0.4) is 0 Å². The van der Waals surface area contributed by atoms with Gasteiger partial charge >= 0.3 is 0 Å². The lowest BCUT2D eigenvalue weighted by Gasteiger charge is -2.24. The second-order valence-electron chi connectivity index (χ2n) is 6.73. The molecule has 154 valence electrons. The molecule has 0 radical (unpaired) electrons. The Kier molecular flexibility index (Phi) is 7.34. The average molecular weight is 439 g/mol. The predicted molar refractivity (Wildman–Crippen MR) is 110 cm³/mol. The van der Waals surface area contributed by atoms with Crippen molar-refractivity contribution < 1.29 is 18.7 Å². The summed E-state index contributed by atoms with van der Waals surface area (Å²) >= 11 is 12.1. The van der Waals surface area contributed by atoms with Crippen LogP contribution < -0.4 is 10.1 Å². The number of nitrogens with one attached hydrogen (secondary N) is 1. The lowest BCUT2D eigenvalue weighted by Crippen LogP contribution is -2.46. The van der Waals surface area contributed by atoms with E-state index >= 15 is 0 Å². The number of likely N-dealkylation sites (tertiary alicyclic amines) is 1. The molecule has 0 bridgehead atoms. The topological polar surface area (TPSA) is 58.6 Å². The molecule has 2 amide bonds. The molecule has 3 rings (SSSR count). The number of rotatable bonds is 7. The van der Waals surface area contributed by atoms with Crippen molar-refractivity contribution in [3.63, 3.8) is 0 Å². The summed E-state index contributed by atoms with van der Waals surface area (Å²) < 4.78 is 18.4. The monoisotopic (exact) mass is 438 g/mol. The fraction of sp³-hybridized carbons (Fsp3) is 0.333. The lowest BCUT2D eigenvalue weighted by atomic mass is 10.1. The zero-order valence-corrected chi connectivity index (χ0v) is 17.2. The molecule has 1 N–H and O–H groups in total. The molecule has 29 heavy (non-hydrogen) atoms. The third-order valence-corrected chi connectivity index (χ3v) is 5.24. The molecule has 1 saturated heterocycles. The second kappa shape index (κ2) is 9.94. The van der Waals surface area contributed by atoms with Crippen LogP contribution in [0.2, 0.25) is 10.0 Å². The summed E-state index contributed by atoms with van der Waals surface area (Å²) in [6.07, 6.45) is 1.93. The quantitative estimate of drug-likeness (QED) is 0.654. The molecule has 1 fully saturated rings. The first-order valence-electron chi connectivity index (χ1n) is 9.38. The minimum Gasteiger partial charge on any atom is -0.494 e. The van der Waals surface area contributed by atoms with Crippen LogP contribution >= 0.6 is 23.2 Å². The van der Waals surface area contributed by atoms with Crippen LogP contribution in [0.25, 0.3) is 0 Å². The number of carbonyl (C=O) groups excluding carboxylic acids is 2. The van der Waals surface area contributed by atoms with E-state index in [-0.39, 0.29) is 17.6 Å². The van der Waals surface area contributed by atoms with Crippen molar-refractivity contribution in [2.75, 3.05) is 19.7 Å². The summed E-state index contributed by atoms with van der Waals surface area (Å²) in [5.74, 6) is -0.242. The van der Waals surface area contributed by atoms with Crippen molar-refractivity contribution in [2.45, 2.75) is 25.3 Å². The molecule has 0 aromatic heterocycles. The fourth-order valence-corrected chi connectivity index (χ4v) is 3.59. The van der Waals surface area contributed by atoms with Crippen LogP contribution in [0.1, 0.15) is 29.6 Å². The highest BCUT2D eigenvalue weighted by Crippen LogP contribution is 2.26. The van der Waals surface area contributed by atoms with Crippen LogP contribution in [0.4, 0.5) is 4.39 Å². The van der Waals surface area contributed by atoms with Gasteiger partial charge in [-0.05, 0) is 61.7 Å². The minimum absolute atomic E-state index is 0.198. The van der Waals surface area contributed by atoms with Gasteiger partial charge in [0.1, 0.15) is 17.6 Å². The molecule has 2 aromatic carbocycles. The van der Waals surface area contributed by atoms with Crippen molar-refractivity contribution in [2.24, 2.45) is 0 Å². The Hall–Kier alpha value is -2.31. The molecule has 0 spiro atoms. The van der Waals surface area contributed by atoms with Crippen LogP contribution in [0.5, 0.6) is 5.75 Å². The Balaban J connectivity index is 1.48. The number of hydrogen-bond donors (Lipinski definition) is 1. The maximum absolute atomic E-state index is 12.9. The molecule has 1 aliphatic heterocycles. The number of benzene rings is 2. The van der Waals surface area contributed by atoms with Crippen molar-refractivity contribution in [1.29, 1.82) is 0 Å². The zero-order valence-electron chi connectivity index (χ0n) is 15.7. The SMILES string of the molecule is O=C(NCCCOc1ccc(F)cc1)C1CCCN1C(=O)c1cc(Cl)ccc1Cl. The molecule has 1 unspecified atom stereocenters. The molecule has 0 saturated carbocycles. The van der Waals surface area contributed by atoms with E-state index in [1.165, 1.54) is 18.2 Å². The van der Waals surface area contributed by atoms with Crippen molar-refractivity contribution in [1.82, 2.24) is 10.2 Å². The van der Waals surface area contributed by atoms with Crippen molar-refractivity contribution in [3.8, 4) is 5.75 Å². The third kappa shape index (κ3) is 5.61. The van der Waals surface area contributed by atoms with Gasteiger partial charge in [0.15, 0.2) is 0 Å². The zero-order chi connectivity index (χ0) is 20.8. The van der Waals surface area contributed by atoms with E-state index in [1.807, 2.05) is 0 Å². The van der Waals surface area contributed by atoms with Gasteiger partial charge < -0.3 is 15.0 Å². The highest BCUT2D eigenvalue weighted by Gasteiger charge is 2.35. The number of nitrogens with zero attached hydrogens (tertiary/aromatic N) is 1. The maximum Gasteiger partial charge on any atom is 0.256 e. The first-order chi connectivity index (χ1) is 14.0. The second-order valence-corrected chi connectivity index (χ2v) is 7.57. The maximum atomic E-state index is 12.9. The van der Waals surface area contributed by atoms with E-state index in [0.29, 0.717) is 53.9 Å². The van der Waals surface area contributed by atoms with Crippen LogP contribution in [-0.4, -0.2) is 42.5 Å². The molecule has 2 aromatic rings. The highest BCUT2D eigenvalue weighted by molar-refractivity contribution is 6.35. The van der Waals surface area contributed by atoms with Gasteiger partial charge in [-0.1, -0.05) is 23.2 Å². The summed E-state index contributed by atoms with van der Waals surface area (Å²) in [7, 11) is 0. The van der Waals surface area contributed by atoms with Crippen LogP contribution in [-0.2, 0) is 4.79 Å². The molecular weight excluding hydrogens is 418 g/mol. The smallest absolute Gasteiger partial charge is 0.256 e. The Labute approximate surface area is 178 Å². The summed E-state index contributed by atoms with van der Waals surface area (Å²) in [5.41, 5.74) is 0.298. The van der Waals surface area contributed by atoms with E-state index in [2.05, 4.69) is 5.32 Å². The molecule has 8 heteroatoms. The van der Waals surface area contributed by atoms with Crippen molar-refractivity contribution >= 4 is 35.0 Å². The van der Waals surface area contributed by atoms with Gasteiger partial charge in [0.25, 0.3) is 5.91 Å². The fourth-order valence-electron chi connectivity index (χ4n) is 3.22. The largest absolute Gasteiger partial charge is 0.494 e. The van der Waals surface area contributed by atoms with E-state index in [9.17, 15) is 14.0 Å². The highest BCUT2D eigenvalue weighted by atomic mass is 35.5. The van der Waals surface area contributed by atoms with Gasteiger partial charge in [-0.2, -0.15) is 0 Å². The van der Waals surface area contributed by atoms with Crippen LogP contribution in [0.15, 0.2) is 42.5 Å². The third-order valence-electron chi connectivity index (χ3n) is 4.68. The molecule has 5 nitrogen and oxygen atoms in total. The Morgan fingerprint density at radius 1 is 1.17 bits per heavy atom. The Morgan fingerprint density at radius 3 is 2.69 bits per heavy atom. The summed E-state index contributed by atoms with van der Waals surface area (Å²) in [6, 6.07) is 9.94. The number of ether oxygens (including phenoxy) is 1. The number of halogens is 3. The summed E-state index contributed by atoms with van der Waals surface area (Å²) in [5, 5.41) is 3.57. The minimum atomic E-state index is -0.532. The van der Waals surface area contributed by atoms with E-state index in [4.69, 9.17) is 27.9 Å². The van der Waals surface area contributed by atoms with Gasteiger partial charge in [-0.15, -0.1) is 0 Å². The normalized spacial score (nSPS) is 16.0. The molecule has 1 heterocycles. The average Bonchev–Trinajstić information content (AvgIpc) is 3.20. The Morgan fingerprint density at radius 2 is 1.93 bits per heavy atom. The van der Waals surface area contributed by atoms with Crippen molar-refractivity contribution in [3.05, 3.63) is 63.9 Å². The molecule has 1 atom stereocenters. The van der Waals surface area contributed by atoms with E-state index in [1.54, 1.807) is 29.2 Å².